The van der Waals surface area contributed by atoms with Gasteiger partial charge in [0.25, 0.3) is 0 Å². The van der Waals surface area contributed by atoms with Crippen molar-refractivity contribution in [1.29, 1.82) is 0 Å². The molecule has 1 fully saturated rings. The van der Waals surface area contributed by atoms with Gasteiger partial charge < -0.3 is 16.0 Å². The molecule has 0 aromatic carbocycles. The van der Waals surface area contributed by atoms with E-state index in [0.717, 1.165) is 6.42 Å². The second-order valence-electron chi connectivity index (χ2n) is 4.24. The van der Waals surface area contributed by atoms with Crippen LogP contribution in [0, 0.1) is 0 Å². The van der Waals surface area contributed by atoms with E-state index in [0.29, 0.717) is 19.5 Å². The third-order valence-corrected chi connectivity index (χ3v) is 2.58. The topological polar surface area (TPSA) is 75.4 Å². The van der Waals surface area contributed by atoms with Crippen molar-refractivity contribution in [3.8, 4) is 0 Å². The van der Waals surface area contributed by atoms with Crippen LogP contribution in [0.25, 0.3) is 0 Å². The Kier molecular flexibility index (Phi) is 3.68. The molecule has 1 saturated heterocycles. The highest BCUT2D eigenvalue weighted by molar-refractivity contribution is 5.90. The maximum absolute atomic E-state index is 12.0. The Morgan fingerprint density at radius 3 is 2.87 bits per heavy atom. The predicted molar refractivity (Wildman–Crippen MR) is 57.1 cm³/mol. The fraction of sp³-hybridized carbons (Fsp3) is 0.800. The van der Waals surface area contributed by atoms with Crippen molar-refractivity contribution in [2.75, 3.05) is 19.6 Å². The van der Waals surface area contributed by atoms with Crippen LogP contribution in [0.15, 0.2) is 0 Å². The van der Waals surface area contributed by atoms with Crippen molar-refractivity contribution in [2.24, 2.45) is 5.73 Å². The highest BCUT2D eigenvalue weighted by Gasteiger charge is 2.33. The first-order chi connectivity index (χ1) is 6.97. The van der Waals surface area contributed by atoms with Gasteiger partial charge >= 0.3 is 0 Å². The third-order valence-electron chi connectivity index (χ3n) is 2.58. The molecule has 5 nitrogen and oxygen atoms in total. The van der Waals surface area contributed by atoms with E-state index in [-0.39, 0.29) is 18.4 Å². The number of carbonyl (C=O) groups excluding carboxylic acids is 2. The number of amides is 2. The van der Waals surface area contributed by atoms with Gasteiger partial charge in [0.1, 0.15) is 0 Å². The minimum Gasteiger partial charge on any atom is -0.353 e. The molecule has 2 amide bonds. The lowest BCUT2D eigenvalue weighted by Crippen LogP contribution is -2.59. The van der Waals surface area contributed by atoms with Gasteiger partial charge in [0.2, 0.25) is 11.8 Å². The van der Waals surface area contributed by atoms with Crippen LogP contribution in [0.3, 0.4) is 0 Å². The fourth-order valence-corrected chi connectivity index (χ4v) is 1.80. The van der Waals surface area contributed by atoms with E-state index in [1.807, 2.05) is 6.92 Å². The molecule has 1 rings (SSSR count). The van der Waals surface area contributed by atoms with Crippen LogP contribution in [0.2, 0.25) is 0 Å². The summed E-state index contributed by atoms with van der Waals surface area (Å²) >= 11 is 0. The molecule has 0 aliphatic carbocycles. The summed E-state index contributed by atoms with van der Waals surface area (Å²) in [5.74, 6) is -0.235. The Balaban J connectivity index is 2.62. The first-order valence-corrected chi connectivity index (χ1v) is 5.32. The number of piperazine rings is 1. The monoisotopic (exact) mass is 213 g/mol. The molecule has 15 heavy (non-hydrogen) atoms. The number of nitrogens with one attached hydrogen (secondary N) is 1. The lowest BCUT2D eigenvalue weighted by molar-refractivity contribution is -0.142. The molecule has 0 aromatic heterocycles. The molecule has 0 aromatic rings. The van der Waals surface area contributed by atoms with Crippen LogP contribution in [-0.4, -0.2) is 41.9 Å². The number of carbonyl (C=O) groups is 2. The Morgan fingerprint density at radius 1 is 1.67 bits per heavy atom. The average molecular weight is 213 g/mol. The van der Waals surface area contributed by atoms with Crippen molar-refractivity contribution in [1.82, 2.24) is 10.2 Å². The van der Waals surface area contributed by atoms with Gasteiger partial charge in [-0.25, -0.2) is 0 Å². The average Bonchev–Trinajstić information content (AvgIpc) is 2.16. The summed E-state index contributed by atoms with van der Waals surface area (Å²) in [4.78, 5) is 24.6. The molecule has 0 radical (unpaired) electrons. The van der Waals surface area contributed by atoms with Gasteiger partial charge in [0.05, 0.1) is 12.1 Å². The molecule has 1 heterocycles. The SMILES string of the molecule is CCCC(C)(N)C(=O)N1CCNC(=O)C1. The quantitative estimate of drug-likeness (QED) is 0.661. The first kappa shape index (κ1) is 12.0. The Labute approximate surface area is 90.0 Å². The first-order valence-electron chi connectivity index (χ1n) is 5.32. The van der Waals surface area contributed by atoms with E-state index in [4.69, 9.17) is 5.73 Å². The van der Waals surface area contributed by atoms with E-state index < -0.39 is 5.54 Å². The van der Waals surface area contributed by atoms with Crippen LogP contribution in [0.5, 0.6) is 0 Å². The fourth-order valence-electron chi connectivity index (χ4n) is 1.80. The van der Waals surface area contributed by atoms with Crippen LogP contribution >= 0.6 is 0 Å². The smallest absolute Gasteiger partial charge is 0.242 e. The summed E-state index contributed by atoms with van der Waals surface area (Å²) in [5.41, 5.74) is 5.08. The minimum absolute atomic E-state index is 0.109. The molecular weight excluding hydrogens is 194 g/mol. The maximum atomic E-state index is 12.0. The maximum Gasteiger partial charge on any atom is 0.242 e. The molecule has 86 valence electrons. The number of rotatable bonds is 3. The number of hydrogen-bond acceptors (Lipinski definition) is 3. The van der Waals surface area contributed by atoms with Crippen molar-refractivity contribution in [3.63, 3.8) is 0 Å². The molecular formula is C10H19N3O2. The molecule has 0 saturated carbocycles. The largest absolute Gasteiger partial charge is 0.353 e. The van der Waals surface area contributed by atoms with Crippen LogP contribution in [0.4, 0.5) is 0 Å². The summed E-state index contributed by atoms with van der Waals surface area (Å²) < 4.78 is 0. The summed E-state index contributed by atoms with van der Waals surface area (Å²) in [5, 5.41) is 2.68. The standard InChI is InChI=1S/C10H19N3O2/c1-3-4-10(2,11)9(15)13-6-5-12-8(14)7-13/h3-7,11H2,1-2H3,(H,12,14). The zero-order valence-electron chi connectivity index (χ0n) is 9.38. The van der Waals surface area contributed by atoms with E-state index in [2.05, 4.69) is 5.32 Å². The van der Waals surface area contributed by atoms with E-state index in [1.165, 1.54) is 4.90 Å². The van der Waals surface area contributed by atoms with Gasteiger partial charge in [0.15, 0.2) is 0 Å². The van der Waals surface area contributed by atoms with E-state index >= 15 is 0 Å². The number of hydrogen-bond donors (Lipinski definition) is 2. The molecule has 3 N–H and O–H groups in total. The van der Waals surface area contributed by atoms with Crippen LogP contribution in [-0.2, 0) is 9.59 Å². The molecule has 0 bridgehead atoms. The van der Waals surface area contributed by atoms with Crippen molar-refractivity contribution < 1.29 is 9.59 Å². The molecule has 0 spiro atoms. The highest BCUT2D eigenvalue weighted by atomic mass is 16.2. The lowest BCUT2D eigenvalue weighted by Gasteiger charge is -2.33. The molecule has 1 atom stereocenters. The number of nitrogens with zero attached hydrogens (tertiary/aromatic N) is 1. The van der Waals surface area contributed by atoms with E-state index in [1.54, 1.807) is 6.92 Å². The summed E-state index contributed by atoms with van der Waals surface area (Å²) in [6.07, 6.45) is 1.50. The summed E-state index contributed by atoms with van der Waals surface area (Å²) in [6, 6.07) is 0. The second kappa shape index (κ2) is 4.61. The van der Waals surface area contributed by atoms with Crippen LogP contribution in [0.1, 0.15) is 26.7 Å². The highest BCUT2D eigenvalue weighted by Crippen LogP contribution is 2.13. The minimum atomic E-state index is -0.841. The van der Waals surface area contributed by atoms with Gasteiger partial charge in [-0.05, 0) is 13.3 Å². The Morgan fingerprint density at radius 2 is 2.33 bits per heavy atom. The zero-order valence-corrected chi connectivity index (χ0v) is 9.38. The van der Waals surface area contributed by atoms with Crippen molar-refractivity contribution in [2.45, 2.75) is 32.2 Å². The van der Waals surface area contributed by atoms with Gasteiger partial charge in [-0.1, -0.05) is 13.3 Å². The zero-order chi connectivity index (χ0) is 11.5. The van der Waals surface area contributed by atoms with Gasteiger partial charge in [0, 0.05) is 13.1 Å². The Bertz CT molecular complexity index is 263. The summed E-state index contributed by atoms with van der Waals surface area (Å²) in [7, 11) is 0. The Hall–Kier alpha value is -1.10. The van der Waals surface area contributed by atoms with Crippen molar-refractivity contribution >= 4 is 11.8 Å². The van der Waals surface area contributed by atoms with Gasteiger partial charge in [-0.2, -0.15) is 0 Å². The van der Waals surface area contributed by atoms with Crippen LogP contribution < -0.4 is 11.1 Å². The third kappa shape index (κ3) is 2.92. The van der Waals surface area contributed by atoms with E-state index in [9.17, 15) is 9.59 Å². The second-order valence-corrected chi connectivity index (χ2v) is 4.24. The predicted octanol–water partition coefficient (Wildman–Crippen LogP) is -0.538. The molecule has 1 aliphatic rings. The van der Waals surface area contributed by atoms with Crippen molar-refractivity contribution in [3.05, 3.63) is 0 Å². The number of nitrogens with two attached hydrogens (primary N) is 1. The molecule has 5 heteroatoms. The summed E-state index contributed by atoms with van der Waals surface area (Å²) in [6.45, 7) is 4.93. The lowest BCUT2D eigenvalue weighted by atomic mass is 9.95. The normalized spacial score (nSPS) is 20.7. The van der Waals surface area contributed by atoms with Gasteiger partial charge in [-0.3, -0.25) is 9.59 Å². The van der Waals surface area contributed by atoms with Gasteiger partial charge in [-0.15, -0.1) is 0 Å². The molecule has 1 unspecified atom stereocenters. The molecule has 1 aliphatic heterocycles.